The molecule has 3 N–H and O–H groups in total. The molecule has 0 aromatic heterocycles. The Kier molecular flexibility index (Phi) is 6.57. The van der Waals surface area contributed by atoms with Crippen LogP contribution in [0.1, 0.15) is 31.1 Å². The SMILES string of the molecule is CC(=O)Nc1cccc(C(=O)NCC(Nc2ccccc2)C(C)C)c1. The van der Waals surface area contributed by atoms with Crippen molar-refractivity contribution in [3.8, 4) is 0 Å². The van der Waals surface area contributed by atoms with Crippen LogP contribution in [-0.4, -0.2) is 24.4 Å². The van der Waals surface area contributed by atoms with Gasteiger partial charge in [-0.05, 0) is 36.2 Å². The molecule has 0 fully saturated rings. The van der Waals surface area contributed by atoms with Crippen LogP contribution >= 0.6 is 0 Å². The number of amides is 2. The first-order valence-electron chi connectivity index (χ1n) is 8.43. The van der Waals surface area contributed by atoms with Gasteiger partial charge in [-0.15, -0.1) is 0 Å². The maximum atomic E-state index is 12.4. The summed E-state index contributed by atoms with van der Waals surface area (Å²) in [5.74, 6) is 0.0309. The van der Waals surface area contributed by atoms with Crippen LogP contribution in [0.15, 0.2) is 54.6 Å². The zero-order valence-electron chi connectivity index (χ0n) is 14.9. The molecule has 1 atom stereocenters. The summed E-state index contributed by atoms with van der Waals surface area (Å²) in [5, 5.41) is 9.10. The minimum atomic E-state index is -0.163. The van der Waals surface area contributed by atoms with E-state index in [4.69, 9.17) is 0 Å². The van der Waals surface area contributed by atoms with Crippen LogP contribution in [0, 0.1) is 5.92 Å². The van der Waals surface area contributed by atoms with E-state index in [2.05, 4.69) is 29.8 Å². The number of para-hydroxylation sites is 1. The molecule has 25 heavy (non-hydrogen) atoms. The van der Waals surface area contributed by atoms with Crippen LogP contribution in [0.5, 0.6) is 0 Å². The summed E-state index contributed by atoms with van der Waals surface area (Å²) >= 11 is 0. The molecular weight excluding hydrogens is 314 g/mol. The summed E-state index contributed by atoms with van der Waals surface area (Å²) < 4.78 is 0. The van der Waals surface area contributed by atoms with E-state index >= 15 is 0 Å². The summed E-state index contributed by atoms with van der Waals surface area (Å²) in [6, 6.07) is 17.0. The molecule has 0 saturated heterocycles. The van der Waals surface area contributed by atoms with E-state index in [0.29, 0.717) is 23.7 Å². The van der Waals surface area contributed by atoms with Crippen molar-refractivity contribution in [2.24, 2.45) is 5.92 Å². The number of benzene rings is 2. The van der Waals surface area contributed by atoms with Gasteiger partial charge in [0.1, 0.15) is 0 Å². The Morgan fingerprint density at radius 2 is 1.64 bits per heavy atom. The Balaban J connectivity index is 1.98. The normalized spacial score (nSPS) is 11.7. The van der Waals surface area contributed by atoms with Crippen LogP contribution < -0.4 is 16.0 Å². The van der Waals surface area contributed by atoms with Crippen molar-refractivity contribution in [2.45, 2.75) is 26.8 Å². The number of carbonyl (C=O) groups is 2. The molecule has 2 aromatic rings. The minimum Gasteiger partial charge on any atom is -0.380 e. The lowest BCUT2D eigenvalue weighted by molar-refractivity contribution is -0.114. The molecule has 0 aliphatic rings. The Morgan fingerprint density at radius 3 is 2.28 bits per heavy atom. The maximum Gasteiger partial charge on any atom is 0.251 e. The van der Waals surface area contributed by atoms with Crippen molar-refractivity contribution in [1.29, 1.82) is 0 Å². The molecule has 0 saturated carbocycles. The number of carbonyl (C=O) groups excluding carboxylic acids is 2. The molecule has 132 valence electrons. The summed E-state index contributed by atoms with van der Waals surface area (Å²) in [7, 11) is 0. The van der Waals surface area contributed by atoms with Gasteiger partial charge in [-0.1, -0.05) is 38.1 Å². The molecule has 0 aliphatic carbocycles. The van der Waals surface area contributed by atoms with Crippen molar-refractivity contribution >= 4 is 23.2 Å². The van der Waals surface area contributed by atoms with Gasteiger partial charge in [0, 0.05) is 36.4 Å². The van der Waals surface area contributed by atoms with Crippen molar-refractivity contribution < 1.29 is 9.59 Å². The molecule has 0 heterocycles. The molecule has 2 rings (SSSR count). The molecule has 5 heteroatoms. The van der Waals surface area contributed by atoms with Gasteiger partial charge in [0.05, 0.1) is 0 Å². The molecule has 0 spiro atoms. The summed E-state index contributed by atoms with van der Waals surface area (Å²) in [6.07, 6.45) is 0. The van der Waals surface area contributed by atoms with E-state index in [1.54, 1.807) is 24.3 Å². The number of nitrogens with one attached hydrogen (secondary N) is 3. The third-order valence-electron chi connectivity index (χ3n) is 3.86. The standard InChI is InChI=1S/C20H25N3O2/c1-14(2)19(23-17-9-5-4-6-10-17)13-21-20(25)16-8-7-11-18(12-16)22-15(3)24/h4-12,14,19,23H,13H2,1-3H3,(H,21,25)(H,22,24). The van der Waals surface area contributed by atoms with E-state index < -0.39 is 0 Å². The smallest absolute Gasteiger partial charge is 0.251 e. The van der Waals surface area contributed by atoms with Gasteiger partial charge in [-0.3, -0.25) is 9.59 Å². The van der Waals surface area contributed by atoms with Crippen molar-refractivity contribution in [3.05, 3.63) is 60.2 Å². The van der Waals surface area contributed by atoms with Gasteiger partial charge in [0.25, 0.3) is 5.91 Å². The second-order valence-electron chi connectivity index (χ2n) is 6.33. The number of anilines is 2. The molecule has 5 nitrogen and oxygen atoms in total. The molecule has 0 radical (unpaired) electrons. The van der Waals surface area contributed by atoms with E-state index in [-0.39, 0.29) is 17.9 Å². The van der Waals surface area contributed by atoms with Gasteiger partial charge in [-0.25, -0.2) is 0 Å². The second kappa shape index (κ2) is 8.87. The van der Waals surface area contributed by atoms with Gasteiger partial charge in [0.15, 0.2) is 0 Å². The molecule has 2 amide bonds. The molecule has 1 unspecified atom stereocenters. The van der Waals surface area contributed by atoms with Crippen molar-refractivity contribution in [2.75, 3.05) is 17.2 Å². The van der Waals surface area contributed by atoms with E-state index in [1.807, 2.05) is 30.3 Å². The number of hydrogen-bond acceptors (Lipinski definition) is 3. The predicted octanol–water partition coefficient (Wildman–Crippen LogP) is 3.51. The highest BCUT2D eigenvalue weighted by molar-refractivity contribution is 5.96. The van der Waals surface area contributed by atoms with Gasteiger partial charge < -0.3 is 16.0 Å². The Labute approximate surface area is 148 Å². The fraction of sp³-hybridized carbons (Fsp3) is 0.300. The topological polar surface area (TPSA) is 70.2 Å². The highest BCUT2D eigenvalue weighted by Gasteiger charge is 2.15. The third kappa shape index (κ3) is 5.95. The first kappa shape index (κ1) is 18.5. The predicted molar refractivity (Wildman–Crippen MR) is 102 cm³/mol. The zero-order valence-corrected chi connectivity index (χ0v) is 14.9. The Bertz CT molecular complexity index is 714. The van der Waals surface area contributed by atoms with Crippen LogP contribution in [0.3, 0.4) is 0 Å². The average molecular weight is 339 g/mol. The average Bonchev–Trinajstić information content (AvgIpc) is 2.58. The molecular formula is C20H25N3O2. The van der Waals surface area contributed by atoms with E-state index in [0.717, 1.165) is 5.69 Å². The fourth-order valence-electron chi connectivity index (χ4n) is 2.45. The van der Waals surface area contributed by atoms with Crippen molar-refractivity contribution in [3.63, 3.8) is 0 Å². The third-order valence-corrected chi connectivity index (χ3v) is 3.86. The second-order valence-corrected chi connectivity index (χ2v) is 6.33. The van der Waals surface area contributed by atoms with E-state index in [9.17, 15) is 9.59 Å². The monoisotopic (exact) mass is 339 g/mol. The largest absolute Gasteiger partial charge is 0.380 e. The summed E-state index contributed by atoms with van der Waals surface area (Å²) in [6.45, 7) is 6.18. The lowest BCUT2D eigenvalue weighted by Crippen LogP contribution is -2.39. The van der Waals surface area contributed by atoms with Crippen LogP contribution in [0.25, 0.3) is 0 Å². The van der Waals surface area contributed by atoms with Crippen LogP contribution in [-0.2, 0) is 4.79 Å². The maximum absolute atomic E-state index is 12.4. The highest BCUT2D eigenvalue weighted by Crippen LogP contribution is 2.13. The lowest BCUT2D eigenvalue weighted by atomic mass is 10.0. The summed E-state index contributed by atoms with van der Waals surface area (Å²) in [4.78, 5) is 23.5. The van der Waals surface area contributed by atoms with E-state index in [1.165, 1.54) is 6.92 Å². The molecule has 0 bridgehead atoms. The van der Waals surface area contributed by atoms with Crippen LogP contribution in [0.2, 0.25) is 0 Å². The molecule has 2 aromatic carbocycles. The van der Waals surface area contributed by atoms with Crippen molar-refractivity contribution in [1.82, 2.24) is 5.32 Å². The Morgan fingerprint density at radius 1 is 0.960 bits per heavy atom. The first-order valence-corrected chi connectivity index (χ1v) is 8.43. The quantitative estimate of drug-likeness (QED) is 0.723. The number of hydrogen-bond donors (Lipinski definition) is 3. The van der Waals surface area contributed by atoms with Crippen LogP contribution in [0.4, 0.5) is 11.4 Å². The highest BCUT2D eigenvalue weighted by atomic mass is 16.2. The minimum absolute atomic E-state index is 0.116. The Hall–Kier alpha value is -2.82. The van der Waals surface area contributed by atoms with Gasteiger partial charge in [0.2, 0.25) is 5.91 Å². The van der Waals surface area contributed by atoms with Gasteiger partial charge in [-0.2, -0.15) is 0 Å². The summed E-state index contributed by atoms with van der Waals surface area (Å²) in [5.41, 5.74) is 2.17. The molecule has 0 aliphatic heterocycles. The fourth-order valence-corrected chi connectivity index (χ4v) is 2.45. The first-order chi connectivity index (χ1) is 12.0. The zero-order chi connectivity index (χ0) is 18.2. The lowest BCUT2D eigenvalue weighted by Gasteiger charge is -2.24. The number of rotatable bonds is 7. The van der Waals surface area contributed by atoms with Gasteiger partial charge >= 0.3 is 0 Å².